The fraction of sp³-hybridized carbons (Fsp3) is 0.667. The van der Waals surface area contributed by atoms with Crippen LogP contribution in [-0.4, -0.2) is 19.1 Å². The van der Waals surface area contributed by atoms with Crippen LogP contribution in [0.5, 0.6) is 0 Å². The number of nitrogens with one attached hydrogen (secondary N) is 1. The second-order valence-electron chi connectivity index (χ2n) is 6.58. The molecule has 1 rings (SSSR count). The standard InChI is InChI=1S/C18H31FN2/c1-8-20-15(7)16-10-17(19)14(6)9-18(16)21(13(4)5)11-12(2)3/h9-10,12-13,15,20H,8,11H2,1-7H3. The second kappa shape index (κ2) is 7.79. The fourth-order valence-corrected chi connectivity index (χ4v) is 2.67. The van der Waals surface area contributed by atoms with Gasteiger partial charge in [0.1, 0.15) is 5.82 Å². The lowest BCUT2D eigenvalue weighted by Crippen LogP contribution is -2.36. The smallest absolute Gasteiger partial charge is 0.126 e. The molecule has 0 saturated heterocycles. The average Bonchev–Trinajstić information content (AvgIpc) is 2.38. The Kier molecular flexibility index (Phi) is 6.66. The molecule has 1 aromatic carbocycles. The first-order valence-electron chi connectivity index (χ1n) is 8.07. The van der Waals surface area contributed by atoms with E-state index in [9.17, 15) is 4.39 Å². The molecule has 0 aliphatic heterocycles. The molecule has 2 nitrogen and oxygen atoms in total. The molecule has 0 saturated carbocycles. The van der Waals surface area contributed by atoms with Crippen molar-refractivity contribution in [2.45, 2.75) is 60.5 Å². The minimum atomic E-state index is -0.119. The quantitative estimate of drug-likeness (QED) is 0.786. The molecular formula is C18H31FN2. The van der Waals surface area contributed by atoms with E-state index in [0.29, 0.717) is 17.5 Å². The maximum Gasteiger partial charge on any atom is 0.126 e. The molecule has 0 aliphatic carbocycles. The van der Waals surface area contributed by atoms with E-state index in [1.54, 1.807) is 6.07 Å². The molecule has 0 amide bonds. The molecular weight excluding hydrogens is 263 g/mol. The number of aryl methyl sites for hydroxylation is 1. The summed E-state index contributed by atoms with van der Waals surface area (Å²) in [6.07, 6.45) is 0. The molecule has 0 bridgehead atoms. The minimum absolute atomic E-state index is 0.119. The van der Waals surface area contributed by atoms with Gasteiger partial charge >= 0.3 is 0 Å². The molecule has 120 valence electrons. The molecule has 21 heavy (non-hydrogen) atoms. The third-order valence-electron chi connectivity index (χ3n) is 3.78. The van der Waals surface area contributed by atoms with E-state index in [4.69, 9.17) is 0 Å². The first-order valence-corrected chi connectivity index (χ1v) is 8.07. The van der Waals surface area contributed by atoms with Crippen molar-refractivity contribution in [1.82, 2.24) is 5.32 Å². The highest BCUT2D eigenvalue weighted by Crippen LogP contribution is 2.31. The van der Waals surface area contributed by atoms with Crippen LogP contribution in [0, 0.1) is 18.7 Å². The number of benzene rings is 1. The highest BCUT2D eigenvalue weighted by molar-refractivity contribution is 5.57. The van der Waals surface area contributed by atoms with Crippen molar-refractivity contribution in [2.24, 2.45) is 5.92 Å². The number of halogens is 1. The summed E-state index contributed by atoms with van der Waals surface area (Å²) in [7, 11) is 0. The summed E-state index contributed by atoms with van der Waals surface area (Å²) in [6.45, 7) is 16.7. The van der Waals surface area contributed by atoms with Crippen molar-refractivity contribution in [3.8, 4) is 0 Å². The van der Waals surface area contributed by atoms with Crippen molar-refractivity contribution >= 4 is 5.69 Å². The van der Waals surface area contributed by atoms with Gasteiger partial charge in [0.2, 0.25) is 0 Å². The molecule has 0 radical (unpaired) electrons. The third kappa shape index (κ3) is 4.70. The van der Waals surface area contributed by atoms with Gasteiger partial charge in [-0.2, -0.15) is 0 Å². The first-order chi connectivity index (χ1) is 9.77. The Balaban J connectivity index is 3.32. The van der Waals surface area contributed by atoms with Gasteiger partial charge in [-0.15, -0.1) is 0 Å². The number of rotatable bonds is 7. The maximum atomic E-state index is 14.0. The Morgan fingerprint density at radius 1 is 1.14 bits per heavy atom. The summed E-state index contributed by atoms with van der Waals surface area (Å²) >= 11 is 0. The summed E-state index contributed by atoms with van der Waals surface area (Å²) in [5.74, 6) is 0.451. The van der Waals surface area contributed by atoms with Gasteiger partial charge < -0.3 is 10.2 Å². The molecule has 0 spiro atoms. The number of nitrogens with zero attached hydrogens (tertiary/aromatic N) is 1. The SMILES string of the molecule is CCNC(C)c1cc(F)c(C)cc1N(CC(C)C)C(C)C. The van der Waals surface area contributed by atoms with Crippen LogP contribution in [0.2, 0.25) is 0 Å². The van der Waals surface area contributed by atoms with Crippen LogP contribution in [0.25, 0.3) is 0 Å². The molecule has 0 aliphatic rings. The lowest BCUT2D eigenvalue weighted by Gasteiger charge is -2.34. The van der Waals surface area contributed by atoms with Crippen molar-refractivity contribution < 1.29 is 4.39 Å². The maximum absolute atomic E-state index is 14.0. The highest BCUT2D eigenvalue weighted by Gasteiger charge is 2.20. The van der Waals surface area contributed by atoms with Crippen LogP contribution >= 0.6 is 0 Å². The second-order valence-corrected chi connectivity index (χ2v) is 6.58. The van der Waals surface area contributed by atoms with Crippen LogP contribution < -0.4 is 10.2 Å². The van der Waals surface area contributed by atoms with Crippen LogP contribution in [-0.2, 0) is 0 Å². The van der Waals surface area contributed by atoms with Gasteiger partial charge in [-0.05, 0) is 63.4 Å². The molecule has 1 atom stereocenters. The Labute approximate surface area is 129 Å². The summed E-state index contributed by atoms with van der Waals surface area (Å²) in [4.78, 5) is 2.39. The van der Waals surface area contributed by atoms with Gasteiger partial charge in [-0.3, -0.25) is 0 Å². The van der Waals surface area contributed by atoms with Gasteiger partial charge in [-0.1, -0.05) is 20.8 Å². The fourth-order valence-electron chi connectivity index (χ4n) is 2.67. The number of anilines is 1. The topological polar surface area (TPSA) is 15.3 Å². The molecule has 0 aromatic heterocycles. The van der Waals surface area contributed by atoms with Crippen molar-refractivity contribution in [2.75, 3.05) is 18.0 Å². The number of hydrogen-bond acceptors (Lipinski definition) is 2. The van der Waals surface area contributed by atoms with Gasteiger partial charge in [0.05, 0.1) is 0 Å². The van der Waals surface area contributed by atoms with E-state index in [-0.39, 0.29) is 11.9 Å². The third-order valence-corrected chi connectivity index (χ3v) is 3.78. The summed E-state index contributed by atoms with van der Waals surface area (Å²) in [5.41, 5.74) is 2.92. The Morgan fingerprint density at radius 3 is 2.24 bits per heavy atom. The summed E-state index contributed by atoms with van der Waals surface area (Å²) in [6, 6.07) is 4.24. The van der Waals surface area contributed by atoms with Crippen LogP contribution in [0.4, 0.5) is 10.1 Å². The van der Waals surface area contributed by atoms with Crippen molar-refractivity contribution in [3.05, 3.63) is 29.1 Å². The molecule has 1 aromatic rings. The average molecular weight is 294 g/mol. The lowest BCUT2D eigenvalue weighted by atomic mass is 10.00. The summed E-state index contributed by atoms with van der Waals surface area (Å²) in [5, 5.41) is 3.40. The van der Waals surface area contributed by atoms with Crippen LogP contribution in [0.15, 0.2) is 12.1 Å². The molecule has 0 heterocycles. The molecule has 3 heteroatoms. The van der Waals surface area contributed by atoms with Gasteiger partial charge in [0.15, 0.2) is 0 Å². The van der Waals surface area contributed by atoms with Crippen LogP contribution in [0.3, 0.4) is 0 Å². The predicted molar refractivity (Wildman–Crippen MR) is 90.5 cm³/mol. The van der Waals surface area contributed by atoms with E-state index in [1.165, 1.54) is 0 Å². The van der Waals surface area contributed by atoms with E-state index in [2.05, 4.69) is 51.8 Å². The van der Waals surface area contributed by atoms with E-state index >= 15 is 0 Å². The largest absolute Gasteiger partial charge is 0.369 e. The van der Waals surface area contributed by atoms with Gasteiger partial charge in [-0.25, -0.2) is 4.39 Å². The Morgan fingerprint density at radius 2 is 1.76 bits per heavy atom. The van der Waals surface area contributed by atoms with Crippen molar-refractivity contribution in [3.63, 3.8) is 0 Å². The number of hydrogen-bond donors (Lipinski definition) is 1. The molecule has 1 N–H and O–H groups in total. The van der Waals surface area contributed by atoms with E-state index in [0.717, 1.165) is 24.3 Å². The van der Waals surface area contributed by atoms with Crippen molar-refractivity contribution in [1.29, 1.82) is 0 Å². The minimum Gasteiger partial charge on any atom is -0.369 e. The van der Waals surface area contributed by atoms with E-state index < -0.39 is 0 Å². The molecule has 0 fully saturated rings. The Hall–Kier alpha value is -1.09. The monoisotopic (exact) mass is 294 g/mol. The summed E-state index contributed by atoms with van der Waals surface area (Å²) < 4.78 is 14.0. The predicted octanol–water partition coefficient (Wildman–Crippen LogP) is 4.68. The first kappa shape index (κ1) is 18.0. The lowest BCUT2D eigenvalue weighted by molar-refractivity contribution is 0.550. The highest BCUT2D eigenvalue weighted by atomic mass is 19.1. The zero-order valence-electron chi connectivity index (χ0n) is 14.6. The van der Waals surface area contributed by atoms with E-state index in [1.807, 2.05) is 13.0 Å². The zero-order valence-corrected chi connectivity index (χ0v) is 14.6. The van der Waals surface area contributed by atoms with Gasteiger partial charge in [0, 0.05) is 24.3 Å². The van der Waals surface area contributed by atoms with Crippen LogP contribution in [0.1, 0.15) is 58.7 Å². The zero-order chi connectivity index (χ0) is 16.2. The normalized spacial score (nSPS) is 13.0. The van der Waals surface area contributed by atoms with Gasteiger partial charge in [0.25, 0.3) is 0 Å². The molecule has 1 unspecified atom stereocenters. The Bertz CT molecular complexity index is 455.